The summed E-state index contributed by atoms with van der Waals surface area (Å²) in [7, 11) is 1.48. The highest BCUT2D eigenvalue weighted by molar-refractivity contribution is 5.84. The number of rotatable bonds is 6. The van der Waals surface area contributed by atoms with Crippen molar-refractivity contribution in [2.24, 2.45) is 5.73 Å². The largest absolute Gasteiger partial charge is 0.467 e. The molecule has 0 aliphatic heterocycles. The second kappa shape index (κ2) is 8.87. The maximum absolute atomic E-state index is 13.6. The number of ether oxygens (including phenoxy) is 2. The molecule has 168 valence electrons. The summed E-state index contributed by atoms with van der Waals surface area (Å²) in [6.45, 7) is 1.73. The number of nitrogen functional groups attached to an aromatic ring is 1. The van der Waals surface area contributed by atoms with Crippen LogP contribution < -0.4 is 21.8 Å². The first-order chi connectivity index (χ1) is 15.4. The molecular formula is C21H25N7O4. The number of amides is 1. The van der Waals surface area contributed by atoms with Crippen molar-refractivity contribution in [1.29, 1.82) is 0 Å². The number of aryl methyl sites for hydroxylation is 1. The van der Waals surface area contributed by atoms with Crippen molar-refractivity contribution >= 4 is 22.9 Å². The van der Waals surface area contributed by atoms with Gasteiger partial charge in [0.15, 0.2) is 0 Å². The van der Waals surface area contributed by atoms with Gasteiger partial charge in [-0.15, -0.1) is 0 Å². The lowest BCUT2D eigenvalue weighted by atomic mass is 9.92. The molecule has 0 aromatic carbocycles. The van der Waals surface area contributed by atoms with Crippen LogP contribution in [-0.4, -0.2) is 50.2 Å². The van der Waals surface area contributed by atoms with E-state index in [9.17, 15) is 9.59 Å². The molecule has 3 aromatic rings. The van der Waals surface area contributed by atoms with Gasteiger partial charge in [-0.2, -0.15) is 4.98 Å². The molecule has 1 aliphatic rings. The third kappa shape index (κ3) is 4.24. The fraction of sp³-hybridized carbons (Fsp3) is 0.429. The van der Waals surface area contributed by atoms with Crippen LogP contribution in [0.25, 0.3) is 22.2 Å². The molecule has 0 saturated heterocycles. The molecule has 11 heteroatoms. The lowest BCUT2D eigenvalue weighted by Crippen LogP contribution is -2.33. The van der Waals surface area contributed by atoms with Crippen LogP contribution in [0.4, 0.5) is 5.95 Å². The standard InChI is InChI=1S/C21H25N7O4/c1-11-15-7-16(12-8-24-21(31-2)25-9-12)19(30)28(18(15)27-20(23)26-11)13-3-5-14(6-4-13)32-10-17(22)29/h7-9,13-14H,3-6,10H2,1-2H3,(H2,22,29)(H2,23,26,27)/t13-,14+. The number of nitrogens with zero attached hydrogens (tertiary/aromatic N) is 5. The Hall–Kier alpha value is -3.60. The number of carbonyl (C=O) groups is 1. The van der Waals surface area contributed by atoms with Gasteiger partial charge in [-0.1, -0.05) is 0 Å². The lowest BCUT2D eigenvalue weighted by Gasteiger charge is -2.30. The maximum atomic E-state index is 13.6. The van der Waals surface area contributed by atoms with Gasteiger partial charge in [-0.3, -0.25) is 14.2 Å². The van der Waals surface area contributed by atoms with E-state index < -0.39 is 5.91 Å². The SMILES string of the molecule is COc1ncc(-c2cc3c(C)nc(N)nc3n([C@H]3CC[C@@H](OCC(N)=O)CC3)c2=O)cn1. The molecule has 0 unspecified atom stereocenters. The van der Waals surface area contributed by atoms with Crippen molar-refractivity contribution in [3.8, 4) is 17.1 Å². The number of fused-ring (bicyclic) bond motifs is 1. The molecule has 4 rings (SSSR count). The van der Waals surface area contributed by atoms with Gasteiger partial charge in [0.05, 0.1) is 24.5 Å². The smallest absolute Gasteiger partial charge is 0.316 e. The van der Waals surface area contributed by atoms with Crippen molar-refractivity contribution < 1.29 is 14.3 Å². The normalized spacial score (nSPS) is 18.6. The van der Waals surface area contributed by atoms with E-state index in [1.165, 1.54) is 7.11 Å². The summed E-state index contributed by atoms with van der Waals surface area (Å²) in [6.07, 6.45) is 5.80. The predicted octanol–water partition coefficient (Wildman–Crippen LogP) is 1.13. The van der Waals surface area contributed by atoms with E-state index in [1.807, 2.05) is 6.92 Å². The average Bonchev–Trinajstić information content (AvgIpc) is 2.78. The second-order valence-corrected chi connectivity index (χ2v) is 7.80. The van der Waals surface area contributed by atoms with Gasteiger partial charge in [0.25, 0.3) is 5.56 Å². The van der Waals surface area contributed by atoms with Crippen LogP contribution in [-0.2, 0) is 9.53 Å². The van der Waals surface area contributed by atoms with E-state index in [2.05, 4.69) is 19.9 Å². The molecule has 1 aliphatic carbocycles. The molecular weight excluding hydrogens is 414 g/mol. The number of nitrogens with two attached hydrogens (primary N) is 2. The van der Waals surface area contributed by atoms with Crippen LogP contribution in [0, 0.1) is 6.92 Å². The van der Waals surface area contributed by atoms with Gasteiger partial charge in [-0.05, 0) is 38.7 Å². The van der Waals surface area contributed by atoms with Gasteiger partial charge >= 0.3 is 6.01 Å². The quantitative estimate of drug-likeness (QED) is 0.573. The number of primary amides is 1. The van der Waals surface area contributed by atoms with Crippen LogP contribution in [0.15, 0.2) is 23.3 Å². The fourth-order valence-electron chi connectivity index (χ4n) is 4.15. The number of aromatic nitrogens is 5. The van der Waals surface area contributed by atoms with E-state index in [4.69, 9.17) is 20.9 Å². The van der Waals surface area contributed by atoms with Gasteiger partial charge in [0, 0.05) is 29.4 Å². The van der Waals surface area contributed by atoms with Gasteiger partial charge in [0.2, 0.25) is 11.9 Å². The molecule has 0 radical (unpaired) electrons. The van der Waals surface area contributed by atoms with Crippen molar-refractivity contribution in [3.05, 3.63) is 34.5 Å². The molecule has 0 atom stereocenters. The zero-order chi connectivity index (χ0) is 22.8. The van der Waals surface area contributed by atoms with Crippen molar-refractivity contribution in [3.63, 3.8) is 0 Å². The third-order valence-electron chi connectivity index (χ3n) is 5.69. The predicted molar refractivity (Wildman–Crippen MR) is 117 cm³/mol. The molecule has 4 N–H and O–H groups in total. The summed E-state index contributed by atoms with van der Waals surface area (Å²) in [4.78, 5) is 41.6. The Morgan fingerprint density at radius 3 is 2.50 bits per heavy atom. The summed E-state index contributed by atoms with van der Waals surface area (Å²) in [6, 6.07) is 1.87. The van der Waals surface area contributed by atoms with Crippen molar-refractivity contribution in [2.75, 3.05) is 19.5 Å². The Kier molecular flexibility index (Phi) is 5.99. The highest BCUT2D eigenvalue weighted by atomic mass is 16.5. The topological polar surface area (TPSA) is 161 Å². The zero-order valence-corrected chi connectivity index (χ0v) is 17.9. The second-order valence-electron chi connectivity index (χ2n) is 7.80. The lowest BCUT2D eigenvalue weighted by molar-refractivity contribution is -0.125. The van der Waals surface area contributed by atoms with Gasteiger partial charge in [-0.25, -0.2) is 15.0 Å². The molecule has 0 spiro atoms. The molecule has 1 amide bonds. The first-order valence-electron chi connectivity index (χ1n) is 10.3. The van der Waals surface area contributed by atoms with Crippen molar-refractivity contribution in [1.82, 2.24) is 24.5 Å². The summed E-state index contributed by atoms with van der Waals surface area (Å²) in [5, 5.41) is 0.733. The number of pyridine rings is 1. The van der Waals surface area contributed by atoms with Crippen LogP contribution >= 0.6 is 0 Å². The van der Waals surface area contributed by atoms with Crippen LogP contribution in [0.2, 0.25) is 0 Å². The van der Waals surface area contributed by atoms with E-state index in [1.54, 1.807) is 23.0 Å². The summed E-state index contributed by atoms with van der Waals surface area (Å²) in [5.41, 5.74) is 13.1. The number of methoxy groups -OCH3 is 1. The van der Waals surface area contributed by atoms with Crippen molar-refractivity contribution in [2.45, 2.75) is 44.8 Å². The van der Waals surface area contributed by atoms with Gasteiger partial charge < -0.3 is 20.9 Å². The molecule has 3 aromatic heterocycles. The monoisotopic (exact) mass is 439 g/mol. The number of hydrogen-bond acceptors (Lipinski definition) is 9. The van der Waals surface area contributed by atoms with Crippen LogP contribution in [0.5, 0.6) is 6.01 Å². The van der Waals surface area contributed by atoms with E-state index >= 15 is 0 Å². The summed E-state index contributed by atoms with van der Waals surface area (Å²) in [5.74, 6) is -0.381. The fourth-order valence-corrected chi connectivity index (χ4v) is 4.15. The minimum absolute atomic E-state index is 0.0691. The first-order valence-corrected chi connectivity index (χ1v) is 10.3. The number of carbonyl (C=O) groups excluding carboxylic acids is 1. The Morgan fingerprint density at radius 2 is 1.88 bits per heavy atom. The minimum atomic E-state index is -0.494. The van der Waals surface area contributed by atoms with E-state index in [-0.39, 0.29) is 36.3 Å². The number of hydrogen-bond donors (Lipinski definition) is 2. The molecule has 11 nitrogen and oxygen atoms in total. The Labute approximate surface area is 183 Å². The third-order valence-corrected chi connectivity index (χ3v) is 5.69. The Balaban J connectivity index is 1.77. The molecule has 3 heterocycles. The molecule has 0 bridgehead atoms. The van der Waals surface area contributed by atoms with E-state index in [0.29, 0.717) is 48.2 Å². The zero-order valence-electron chi connectivity index (χ0n) is 17.9. The highest BCUT2D eigenvalue weighted by Gasteiger charge is 2.27. The molecule has 1 saturated carbocycles. The van der Waals surface area contributed by atoms with Crippen LogP contribution in [0.3, 0.4) is 0 Å². The minimum Gasteiger partial charge on any atom is -0.467 e. The Morgan fingerprint density at radius 1 is 1.19 bits per heavy atom. The highest BCUT2D eigenvalue weighted by Crippen LogP contribution is 2.32. The molecule has 32 heavy (non-hydrogen) atoms. The first kappa shape index (κ1) is 21.6. The summed E-state index contributed by atoms with van der Waals surface area (Å²) >= 11 is 0. The van der Waals surface area contributed by atoms with E-state index in [0.717, 1.165) is 5.39 Å². The maximum Gasteiger partial charge on any atom is 0.316 e. The molecule has 1 fully saturated rings. The van der Waals surface area contributed by atoms with Crippen LogP contribution in [0.1, 0.15) is 37.4 Å². The average molecular weight is 439 g/mol. The number of anilines is 1. The Bertz CT molecular complexity index is 1200. The van der Waals surface area contributed by atoms with Gasteiger partial charge in [0.1, 0.15) is 12.3 Å². The summed E-state index contributed by atoms with van der Waals surface area (Å²) < 4.78 is 12.3.